The van der Waals surface area contributed by atoms with E-state index in [1.807, 2.05) is 20.2 Å². The molecule has 1 N–H and O–H groups in total. The maximum atomic E-state index is 11.7. The lowest BCUT2D eigenvalue weighted by Crippen LogP contribution is -2.43. The predicted octanol–water partition coefficient (Wildman–Crippen LogP) is 3.03. The van der Waals surface area contributed by atoms with Gasteiger partial charge in [-0.3, -0.25) is 4.90 Å². The molecule has 0 bridgehead atoms. The van der Waals surface area contributed by atoms with Gasteiger partial charge in [0.15, 0.2) is 0 Å². The van der Waals surface area contributed by atoms with Crippen molar-refractivity contribution in [3.63, 3.8) is 0 Å². The number of rotatable bonds is 8. The molecule has 6 heteroatoms. The summed E-state index contributed by atoms with van der Waals surface area (Å²) < 4.78 is 5.40. The van der Waals surface area contributed by atoms with Gasteiger partial charge in [-0.2, -0.15) is 0 Å². The fourth-order valence-electron chi connectivity index (χ4n) is 3.04. The standard InChI is InChI=1S/C19H32N4O2/c1-4-11-20-19(24)25-15-17-8-6-7-12-23(17)14-16-9-10-18(21-13-16)22(3)5-2/h9-10,13,17H,4-8,11-12,14-15H2,1-3H3,(H,20,24). The molecule has 0 aromatic carbocycles. The van der Waals surface area contributed by atoms with Gasteiger partial charge in [-0.25, -0.2) is 9.78 Å². The van der Waals surface area contributed by atoms with Gasteiger partial charge in [0, 0.05) is 38.9 Å². The van der Waals surface area contributed by atoms with Crippen molar-refractivity contribution in [1.29, 1.82) is 0 Å². The van der Waals surface area contributed by atoms with Crippen LogP contribution in [0.25, 0.3) is 0 Å². The zero-order chi connectivity index (χ0) is 18.1. The first-order valence-corrected chi connectivity index (χ1v) is 9.44. The summed E-state index contributed by atoms with van der Waals surface area (Å²) in [5.74, 6) is 0.998. The highest BCUT2D eigenvalue weighted by Crippen LogP contribution is 2.20. The van der Waals surface area contributed by atoms with Crippen LogP contribution in [0.5, 0.6) is 0 Å². The van der Waals surface area contributed by atoms with Crippen molar-refractivity contribution in [3.05, 3.63) is 23.9 Å². The van der Waals surface area contributed by atoms with E-state index in [9.17, 15) is 4.79 Å². The van der Waals surface area contributed by atoms with E-state index in [2.05, 4.69) is 39.2 Å². The Hall–Kier alpha value is -1.82. The van der Waals surface area contributed by atoms with Gasteiger partial charge in [-0.15, -0.1) is 0 Å². The molecular weight excluding hydrogens is 316 g/mol. The van der Waals surface area contributed by atoms with E-state index in [0.717, 1.165) is 38.3 Å². The first kappa shape index (κ1) is 19.5. The van der Waals surface area contributed by atoms with E-state index in [4.69, 9.17) is 4.74 Å². The topological polar surface area (TPSA) is 57.7 Å². The number of amides is 1. The number of ether oxygens (including phenoxy) is 1. The summed E-state index contributed by atoms with van der Waals surface area (Å²) in [6, 6.07) is 4.51. The Balaban J connectivity index is 1.88. The molecule has 25 heavy (non-hydrogen) atoms. The Morgan fingerprint density at radius 1 is 1.40 bits per heavy atom. The number of pyridine rings is 1. The Morgan fingerprint density at radius 3 is 2.92 bits per heavy atom. The molecule has 1 amide bonds. The van der Waals surface area contributed by atoms with Crippen molar-refractivity contribution in [1.82, 2.24) is 15.2 Å². The van der Waals surface area contributed by atoms with Gasteiger partial charge in [0.25, 0.3) is 0 Å². The van der Waals surface area contributed by atoms with Crippen molar-refractivity contribution in [2.45, 2.75) is 52.1 Å². The van der Waals surface area contributed by atoms with Gasteiger partial charge in [0.2, 0.25) is 0 Å². The first-order valence-electron chi connectivity index (χ1n) is 9.44. The van der Waals surface area contributed by atoms with Gasteiger partial charge in [0.1, 0.15) is 12.4 Å². The Bertz CT molecular complexity index is 521. The molecule has 1 aromatic rings. The number of hydrogen-bond acceptors (Lipinski definition) is 5. The molecule has 2 heterocycles. The van der Waals surface area contributed by atoms with E-state index in [1.165, 1.54) is 18.4 Å². The van der Waals surface area contributed by atoms with Crippen molar-refractivity contribution in [3.8, 4) is 0 Å². The smallest absolute Gasteiger partial charge is 0.407 e. The SMILES string of the molecule is CCCNC(=O)OCC1CCCCN1Cc1ccc(N(C)CC)nc1. The van der Waals surface area contributed by atoms with Gasteiger partial charge in [0.05, 0.1) is 0 Å². The molecule has 2 rings (SSSR count). The zero-order valence-electron chi connectivity index (χ0n) is 15.8. The van der Waals surface area contributed by atoms with E-state index in [0.29, 0.717) is 19.2 Å². The maximum Gasteiger partial charge on any atom is 0.407 e. The van der Waals surface area contributed by atoms with Crippen LogP contribution in [-0.2, 0) is 11.3 Å². The van der Waals surface area contributed by atoms with Crippen LogP contribution in [-0.4, -0.2) is 55.3 Å². The fraction of sp³-hybridized carbons (Fsp3) is 0.684. The lowest BCUT2D eigenvalue weighted by molar-refractivity contribution is 0.0640. The minimum absolute atomic E-state index is 0.291. The molecule has 1 unspecified atom stereocenters. The van der Waals surface area contributed by atoms with Crippen LogP contribution in [0.4, 0.5) is 10.6 Å². The van der Waals surface area contributed by atoms with Crippen LogP contribution in [0.3, 0.4) is 0 Å². The Morgan fingerprint density at radius 2 is 2.24 bits per heavy atom. The van der Waals surface area contributed by atoms with Gasteiger partial charge >= 0.3 is 6.09 Å². The molecule has 0 radical (unpaired) electrons. The second kappa shape index (κ2) is 10.2. The van der Waals surface area contributed by atoms with Crippen LogP contribution in [0.15, 0.2) is 18.3 Å². The van der Waals surface area contributed by atoms with Crippen LogP contribution in [0, 0.1) is 0 Å². The van der Waals surface area contributed by atoms with Gasteiger partial charge in [-0.05, 0) is 44.4 Å². The second-order valence-electron chi connectivity index (χ2n) is 6.68. The number of nitrogens with zero attached hydrogens (tertiary/aromatic N) is 3. The molecule has 6 nitrogen and oxygen atoms in total. The Kier molecular flexibility index (Phi) is 7.98. The van der Waals surface area contributed by atoms with Crippen molar-refractivity contribution < 1.29 is 9.53 Å². The summed E-state index contributed by atoms with van der Waals surface area (Å²) in [4.78, 5) is 20.8. The molecular formula is C19H32N4O2. The molecule has 1 fully saturated rings. The van der Waals surface area contributed by atoms with Gasteiger partial charge < -0.3 is 15.0 Å². The Labute approximate surface area is 151 Å². The minimum atomic E-state index is -0.305. The molecule has 1 aromatic heterocycles. The molecule has 140 valence electrons. The fourth-order valence-corrected chi connectivity index (χ4v) is 3.04. The second-order valence-corrected chi connectivity index (χ2v) is 6.68. The highest BCUT2D eigenvalue weighted by atomic mass is 16.5. The highest BCUT2D eigenvalue weighted by molar-refractivity contribution is 5.67. The van der Waals surface area contributed by atoms with Crippen molar-refractivity contribution >= 4 is 11.9 Å². The van der Waals surface area contributed by atoms with E-state index < -0.39 is 0 Å². The third-order valence-electron chi connectivity index (χ3n) is 4.74. The molecule has 1 aliphatic rings. The number of piperidine rings is 1. The minimum Gasteiger partial charge on any atom is -0.448 e. The lowest BCUT2D eigenvalue weighted by atomic mass is 10.0. The molecule has 0 spiro atoms. The van der Waals surface area contributed by atoms with Crippen molar-refractivity contribution in [2.24, 2.45) is 0 Å². The van der Waals surface area contributed by atoms with Gasteiger partial charge in [-0.1, -0.05) is 19.4 Å². The number of carbonyl (C=O) groups excluding carboxylic acids is 1. The average Bonchev–Trinajstić information content (AvgIpc) is 2.65. The van der Waals surface area contributed by atoms with Crippen LogP contribution in [0.1, 0.15) is 45.1 Å². The molecule has 1 saturated heterocycles. The molecule has 0 aliphatic carbocycles. The zero-order valence-corrected chi connectivity index (χ0v) is 15.8. The third-order valence-corrected chi connectivity index (χ3v) is 4.74. The molecule has 1 atom stereocenters. The number of alkyl carbamates (subject to hydrolysis) is 1. The van der Waals surface area contributed by atoms with E-state index in [1.54, 1.807) is 0 Å². The third kappa shape index (κ3) is 6.20. The number of carbonyl (C=O) groups is 1. The summed E-state index contributed by atoms with van der Waals surface area (Å²) in [6.45, 7) is 8.11. The summed E-state index contributed by atoms with van der Waals surface area (Å²) in [7, 11) is 2.05. The number of likely N-dealkylation sites (tertiary alicyclic amines) is 1. The summed E-state index contributed by atoms with van der Waals surface area (Å²) in [5.41, 5.74) is 1.20. The summed E-state index contributed by atoms with van der Waals surface area (Å²) in [5, 5.41) is 2.76. The highest BCUT2D eigenvalue weighted by Gasteiger charge is 2.24. The summed E-state index contributed by atoms with van der Waals surface area (Å²) in [6.07, 6.45) is 6.04. The van der Waals surface area contributed by atoms with E-state index in [-0.39, 0.29) is 6.09 Å². The summed E-state index contributed by atoms with van der Waals surface area (Å²) >= 11 is 0. The normalized spacial score (nSPS) is 18.0. The predicted molar refractivity (Wildman–Crippen MR) is 101 cm³/mol. The lowest BCUT2D eigenvalue weighted by Gasteiger charge is -2.35. The number of nitrogens with one attached hydrogen (secondary N) is 1. The van der Waals surface area contributed by atoms with Crippen LogP contribution >= 0.6 is 0 Å². The largest absolute Gasteiger partial charge is 0.448 e. The van der Waals surface area contributed by atoms with Crippen LogP contribution in [0.2, 0.25) is 0 Å². The first-order chi connectivity index (χ1) is 12.1. The van der Waals surface area contributed by atoms with Crippen molar-refractivity contribution in [2.75, 3.05) is 38.2 Å². The van der Waals surface area contributed by atoms with Crippen LogP contribution < -0.4 is 10.2 Å². The molecule has 0 saturated carbocycles. The maximum absolute atomic E-state index is 11.7. The average molecular weight is 348 g/mol. The molecule has 1 aliphatic heterocycles. The number of aromatic nitrogens is 1. The van der Waals surface area contributed by atoms with E-state index >= 15 is 0 Å². The number of anilines is 1. The quantitative estimate of drug-likeness (QED) is 0.782. The monoisotopic (exact) mass is 348 g/mol. The number of hydrogen-bond donors (Lipinski definition) is 1.